The van der Waals surface area contributed by atoms with Crippen LogP contribution >= 0.6 is 0 Å². The lowest BCUT2D eigenvalue weighted by Crippen LogP contribution is -2.22. The number of guanidine groups is 1. The van der Waals surface area contributed by atoms with Gasteiger partial charge >= 0.3 is 0 Å². The molecule has 5 heteroatoms. The van der Waals surface area contributed by atoms with Gasteiger partial charge in [-0.05, 0) is 45.7 Å². The predicted molar refractivity (Wildman–Crippen MR) is 156 cm³/mol. The fourth-order valence-corrected chi connectivity index (χ4v) is 4.60. The molecule has 0 aromatic heterocycles. The third kappa shape index (κ3) is 5.08. The van der Waals surface area contributed by atoms with E-state index in [-0.39, 0.29) is 0 Å². The Balaban J connectivity index is 1.24. The normalized spacial score (nSPS) is 12.1. The van der Waals surface area contributed by atoms with Gasteiger partial charge in [-0.3, -0.25) is 0 Å². The summed E-state index contributed by atoms with van der Waals surface area (Å²) in [6.45, 7) is 0.865. The lowest BCUT2D eigenvalue weighted by Gasteiger charge is -2.15. The summed E-state index contributed by atoms with van der Waals surface area (Å²) in [5.41, 5.74) is 12.4. The summed E-state index contributed by atoms with van der Waals surface area (Å²) in [6, 6.07) is 36.2. The van der Waals surface area contributed by atoms with Crippen molar-refractivity contribution in [3.63, 3.8) is 0 Å². The van der Waals surface area contributed by atoms with Crippen LogP contribution in [0.25, 0.3) is 22.9 Å². The van der Waals surface area contributed by atoms with Gasteiger partial charge in [-0.2, -0.15) is 0 Å². The number of rotatable bonds is 8. The Morgan fingerprint density at radius 3 is 2.13 bits per heavy atom. The third-order valence-electron chi connectivity index (χ3n) is 6.46. The first-order valence-electron chi connectivity index (χ1n) is 12.6. The van der Waals surface area contributed by atoms with Crippen LogP contribution in [-0.4, -0.2) is 5.96 Å². The number of hydrogen-bond acceptors (Lipinski definition) is 3. The highest BCUT2D eigenvalue weighted by Gasteiger charge is 2.13. The summed E-state index contributed by atoms with van der Waals surface area (Å²) in [7, 11) is 0. The molecule has 5 aromatic rings. The van der Waals surface area contributed by atoms with Gasteiger partial charge in [-0.1, -0.05) is 97.1 Å². The van der Waals surface area contributed by atoms with Crippen LogP contribution in [-0.2, 0) is 13.2 Å². The van der Waals surface area contributed by atoms with Crippen molar-refractivity contribution in [2.75, 3.05) is 5.32 Å². The van der Waals surface area contributed by atoms with Crippen molar-refractivity contribution in [1.82, 2.24) is 0 Å². The Hall–Kier alpha value is -5.03. The maximum atomic E-state index is 6.35. The van der Waals surface area contributed by atoms with E-state index in [4.69, 9.17) is 20.2 Å². The summed E-state index contributed by atoms with van der Waals surface area (Å²) in [4.78, 5) is 4.69. The second-order valence-electron chi connectivity index (χ2n) is 9.11. The van der Waals surface area contributed by atoms with Crippen molar-refractivity contribution in [2.24, 2.45) is 10.7 Å². The van der Waals surface area contributed by atoms with E-state index in [2.05, 4.69) is 41.7 Å². The van der Waals surface area contributed by atoms with E-state index in [1.54, 1.807) is 0 Å². The van der Waals surface area contributed by atoms with E-state index in [0.717, 1.165) is 28.1 Å². The topological polar surface area (TPSA) is 68.9 Å². The summed E-state index contributed by atoms with van der Waals surface area (Å²) in [5.74, 6) is 1.58. The summed E-state index contributed by atoms with van der Waals surface area (Å²) in [5, 5.41) is 5.61. The molecule has 5 aromatic carbocycles. The van der Waals surface area contributed by atoms with Gasteiger partial charge in [0.15, 0.2) is 17.5 Å². The Kier molecular flexibility index (Phi) is 6.48. The van der Waals surface area contributed by atoms with Crippen molar-refractivity contribution in [1.29, 1.82) is 0 Å². The van der Waals surface area contributed by atoms with Gasteiger partial charge in [0.05, 0.1) is 5.69 Å². The molecule has 5 nitrogen and oxygen atoms in total. The van der Waals surface area contributed by atoms with Gasteiger partial charge in [0.25, 0.3) is 0 Å². The van der Waals surface area contributed by atoms with Crippen LogP contribution in [0.1, 0.15) is 22.3 Å². The maximum absolute atomic E-state index is 6.35. The van der Waals surface area contributed by atoms with Crippen LogP contribution in [0, 0.1) is 0 Å². The Morgan fingerprint density at radius 1 is 0.684 bits per heavy atom. The minimum absolute atomic E-state index is 0.297. The smallest absolute Gasteiger partial charge is 0.198 e. The van der Waals surface area contributed by atoms with Gasteiger partial charge in [-0.25, -0.2) is 4.99 Å². The Labute approximate surface area is 221 Å². The Bertz CT molecular complexity index is 1640. The average Bonchev–Trinajstić information content (AvgIpc) is 3.40. The fourth-order valence-electron chi connectivity index (χ4n) is 4.60. The summed E-state index contributed by atoms with van der Waals surface area (Å²) in [6.07, 6.45) is 4.21. The van der Waals surface area contributed by atoms with E-state index in [1.165, 1.54) is 16.3 Å². The number of nitrogens with one attached hydrogen (secondary N) is 1. The highest BCUT2D eigenvalue weighted by Crippen LogP contribution is 2.37. The molecule has 0 bridgehead atoms. The van der Waals surface area contributed by atoms with Crippen LogP contribution in [0.15, 0.2) is 114 Å². The molecule has 38 heavy (non-hydrogen) atoms. The lowest BCUT2D eigenvalue weighted by atomic mass is 10.0. The molecule has 0 saturated heterocycles. The monoisotopic (exact) mass is 497 g/mol. The first-order chi connectivity index (χ1) is 18.7. The quantitative estimate of drug-likeness (QED) is 0.168. The number of anilines is 1. The van der Waals surface area contributed by atoms with Crippen LogP contribution in [0.4, 0.5) is 11.4 Å². The Morgan fingerprint density at radius 2 is 1.39 bits per heavy atom. The molecule has 186 valence electrons. The van der Waals surface area contributed by atoms with Gasteiger partial charge in [-0.15, -0.1) is 0 Å². The number of ether oxygens (including phenoxy) is 2. The van der Waals surface area contributed by atoms with Crippen molar-refractivity contribution < 1.29 is 9.47 Å². The van der Waals surface area contributed by atoms with Gasteiger partial charge in [0, 0.05) is 17.3 Å². The largest absolute Gasteiger partial charge is 0.485 e. The molecule has 0 radical (unpaired) electrons. The highest BCUT2D eigenvalue weighted by atomic mass is 16.5. The van der Waals surface area contributed by atoms with E-state index >= 15 is 0 Å². The van der Waals surface area contributed by atoms with Crippen molar-refractivity contribution >= 4 is 40.3 Å². The number of benzene rings is 5. The van der Waals surface area contributed by atoms with E-state index in [9.17, 15) is 0 Å². The minimum Gasteiger partial charge on any atom is -0.485 e. The molecule has 0 heterocycles. The third-order valence-corrected chi connectivity index (χ3v) is 6.46. The number of hydrogen-bond donors (Lipinski definition) is 2. The zero-order valence-corrected chi connectivity index (χ0v) is 20.8. The number of aliphatic imine (C=N–C) groups is 1. The molecule has 0 fully saturated rings. The average molecular weight is 498 g/mol. The van der Waals surface area contributed by atoms with Gasteiger partial charge < -0.3 is 20.5 Å². The molecule has 1 aliphatic rings. The second-order valence-corrected chi connectivity index (χ2v) is 9.11. The van der Waals surface area contributed by atoms with E-state index < -0.39 is 0 Å². The van der Waals surface area contributed by atoms with Crippen molar-refractivity contribution in [2.45, 2.75) is 13.2 Å². The predicted octanol–water partition coefficient (Wildman–Crippen LogP) is 7.54. The lowest BCUT2D eigenvalue weighted by molar-refractivity contribution is 0.256. The van der Waals surface area contributed by atoms with Crippen LogP contribution < -0.4 is 20.5 Å². The zero-order valence-electron chi connectivity index (χ0n) is 20.8. The first kappa shape index (κ1) is 23.4. The zero-order chi connectivity index (χ0) is 25.7. The molecule has 0 saturated carbocycles. The molecule has 0 aliphatic heterocycles. The fraction of sp³-hybridized carbons (Fsp3) is 0.0606. The molecule has 1 aliphatic carbocycles. The molecule has 0 unspecified atom stereocenters. The van der Waals surface area contributed by atoms with Crippen LogP contribution in [0.5, 0.6) is 11.5 Å². The molecular weight excluding hydrogens is 470 g/mol. The molecule has 0 amide bonds. The molecule has 0 atom stereocenters. The number of nitrogens with two attached hydrogens (primary N) is 1. The summed E-state index contributed by atoms with van der Waals surface area (Å²) < 4.78 is 12.3. The molecular formula is C33H27N3O2. The standard InChI is InChI=1S/C33H27N3O2/c34-33(36-29-18-15-26-13-7-12-25-14-17-28(29)32(25)26)35-27-16-19-30(37-21-23-8-3-1-4-9-23)31(20-27)38-22-24-10-5-2-6-11-24/h1-20H,21-22H2,(H3,34,35,36). The molecule has 3 N–H and O–H groups in total. The first-order valence-corrected chi connectivity index (χ1v) is 12.6. The van der Waals surface area contributed by atoms with Crippen molar-refractivity contribution in [3.8, 4) is 11.5 Å². The van der Waals surface area contributed by atoms with Crippen LogP contribution in [0.2, 0.25) is 0 Å². The maximum Gasteiger partial charge on any atom is 0.198 e. The minimum atomic E-state index is 0.297. The van der Waals surface area contributed by atoms with E-state index in [0.29, 0.717) is 30.7 Å². The molecule has 0 spiro atoms. The molecule has 6 rings (SSSR count). The van der Waals surface area contributed by atoms with Crippen LogP contribution in [0.3, 0.4) is 0 Å². The summed E-state index contributed by atoms with van der Waals surface area (Å²) >= 11 is 0. The highest BCUT2D eigenvalue weighted by molar-refractivity contribution is 6.08. The van der Waals surface area contributed by atoms with E-state index in [1.807, 2.05) is 84.9 Å². The SMILES string of the molecule is NC(=Nc1ccc2cccc3c2c1C=C3)Nc1ccc(OCc2ccccc2)c(OCc2ccccc2)c1. The number of nitrogens with zero attached hydrogens (tertiary/aromatic N) is 1. The second kappa shape index (κ2) is 10.5. The van der Waals surface area contributed by atoms with Gasteiger partial charge in [0.1, 0.15) is 13.2 Å². The van der Waals surface area contributed by atoms with Crippen molar-refractivity contribution in [3.05, 3.63) is 131 Å². The van der Waals surface area contributed by atoms with Gasteiger partial charge in [0.2, 0.25) is 0 Å².